The summed E-state index contributed by atoms with van der Waals surface area (Å²) in [4.78, 5) is 26.4. The molecule has 2 aliphatic rings. The molecule has 7 heteroatoms. The lowest BCUT2D eigenvalue weighted by atomic mass is 9.90. The van der Waals surface area contributed by atoms with Crippen LogP contribution in [-0.2, 0) is 22.6 Å². The van der Waals surface area contributed by atoms with Crippen LogP contribution in [0.3, 0.4) is 0 Å². The fourth-order valence-electron chi connectivity index (χ4n) is 4.87. The highest BCUT2D eigenvalue weighted by Crippen LogP contribution is 2.48. The minimum absolute atomic E-state index is 0.0195. The molecule has 1 aliphatic carbocycles. The Balaban J connectivity index is 1.43. The number of hydrogen-bond acceptors (Lipinski definition) is 3. The van der Waals surface area contributed by atoms with Crippen LogP contribution in [0.15, 0.2) is 72.3 Å². The number of nitrogens with zero attached hydrogens (tertiary/aromatic N) is 1. The number of piperidine rings is 1. The molecule has 0 radical (unpaired) electrons. The number of amides is 1. The average Bonchev–Trinajstić information content (AvgIpc) is 3.62. The Hall–Kier alpha value is -3.83. The fourth-order valence-corrected chi connectivity index (χ4v) is 4.87. The molecule has 178 valence electrons. The Labute approximate surface area is 200 Å². The summed E-state index contributed by atoms with van der Waals surface area (Å²) in [5, 5.41) is 0. The summed E-state index contributed by atoms with van der Waals surface area (Å²) in [6.07, 6.45) is 0.693. The summed E-state index contributed by atoms with van der Waals surface area (Å²) in [7, 11) is 0. The molecule has 1 heterocycles. The lowest BCUT2D eigenvalue weighted by molar-refractivity contribution is 0.0752. The third kappa shape index (κ3) is 4.73. The number of benzene rings is 3. The van der Waals surface area contributed by atoms with Crippen LogP contribution in [-0.4, -0.2) is 29.0 Å². The van der Waals surface area contributed by atoms with E-state index in [1.165, 1.54) is 11.0 Å². The van der Waals surface area contributed by atoms with Gasteiger partial charge in [-0.05, 0) is 47.6 Å². The van der Waals surface area contributed by atoms with E-state index in [2.05, 4.69) is 0 Å². The second-order valence-electron chi connectivity index (χ2n) is 9.00. The standard InChI is InChI=1S/C28H22F3NO3/c29-22-10-19(11-23(30)14-22)24-8-4-7-18(27(24)31)12-26-21(15-33)9-20-13-25(20)32(26)28(34)35-16-17-5-2-1-3-6-17/h1-8,10-11,14,20,25-26H,9,12-13,16H2. The minimum atomic E-state index is -0.810. The second-order valence-corrected chi connectivity index (χ2v) is 9.00. The molecular weight excluding hydrogens is 455 g/mol. The molecule has 3 atom stereocenters. The van der Waals surface area contributed by atoms with Gasteiger partial charge < -0.3 is 4.74 Å². The van der Waals surface area contributed by atoms with Gasteiger partial charge in [-0.25, -0.2) is 22.8 Å². The van der Waals surface area contributed by atoms with Crippen molar-refractivity contribution >= 4 is 12.0 Å². The molecule has 2 fully saturated rings. The van der Waals surface area contributed by atoms with E-state index < -0.39 is 29.6 Å². The Morgan fingerprint density at radius 2 is 1.74 bits per heavy atom. The van der Waals surface area contributed by atoms with Crippen molar-refractivity contribution in [3.63, 3.8) is 0 Å². The molecule has 0 bridgehead atoms. The molecular formula is C28H22F3NO3. The smallest absolute Gasteiger partial charge is 0.410 e. The van der Waals surface area contributed by atoms with Crippen molar-refractivity contribution in [3.05, 3.63) is 101 Å². The molecule has 1 saturated heterocycles. The van der Waals surface area contributed by atoms with Gasteiger partial charge in [0.05, 0.1) is 6.04 Å². The van der Waals surface area contributed by atoms with Crippen molar-refractivity contribution in [2.75, 3.05) is 0 Å². The van der Waals surface area contributed by atoms with Crippen LogP contribution in [0.1, 0.15) is 24.0 Å². The summed E-state index contributed by atoms with van der Waals surface area (Å²) in [5.41, 5.74) is 1.55. The van der Waals surface area contributed by atoms with Crippen molar-refractivity contribution in [1.82, 2.24) is 4.90 Å². The zero-order valence-corrected chi connectivity index (χ0v) is 18.7. The number of halogens is 3. The van der Waals surface area contributed by atoms with Crippen LogP contribution in [0, 0.1) is 23.4 Å². The Morgan fingerprint density at radius 1 is 1.00 bits per heavy atom. The van der Waals surface area contributed by atoms with E-state index in [1.807, 2.05) is 36.3 Å². The SMILES string of the molecule is O=C=C1CC2CC2N(C(=O)OCc2ccccc2)C1Cc1cccc(-c2cc(F)cc(F)c2)c1F. The van der Waals surface area contributed by atoms with Crippen LogP contribution in [0.5, 0.6) is 0 Å². The maximum atomic E-state index is 15.5. The van der Waals surface area contributed by atoms with Crippen LogP contribution in [0.25, 0.3) is 11.1 Å². The van der Waals surface area contributed by atoms with Gasteiger partial charge in [0.15, 0.2) is 0 Å². The van der Waals surface area contributed by atoms with Crippen molar-refractivity contribution < 1.29 is 27.5 Å². The van der Waals surface area contributed by atoms with Gasteiger partial charge in [0, 0.05) is 29.7 Å². The molecule has 1 aliphatic heterocycles. The highest BCUT2D eigenvalue weighted by molar-refractivity contribution is 5.72. The first-order valence-corrected chi connectivity index (χ1v) is 11.4. The van der Waals surface area contributed by atoms with Gasteiger partial charge in [0.1, 0.15) is 30.0 Å². The lowest BCUT2D eigenvalue weighted by Crippen LogP contribution is -2.48. The molecule has 5 rings (SSSR count). The monoisotopic (exact) mass is 477 g/mol. The maximum absolute atomic E-state index is 15.5. The molecule has 0 aromatic heterocycles. The first-order chi connectivity index (χ1) is 16.9. The second kappa shape index (κ2) is 9.43. The maximum Gasteiger partial charge on any atom is 0.410 e. The number of carbonyl (C=O) groups excluding carboxylic acids is 2. The van der Waals surface area contributed by atoms with E-state index in [0.717, 1.165) is 30.2 Å². The largest absolute Gasteiger partial charge is 0.445 e. The van der Waals surface area contributed by atoms with E-state index in [1.54, 1.807) is 12.1 Å². The molecule has 0 N–H and O–H groups in total. The molecule has 1 amide bonds. The van der Waals surface area contributed by atoms with E-state index in [4.69, 9.17) is 4.74 Å². The van der Waals surface area contributed by atoms with Crippen molar-refractivity contribution in [2.24, 2.45) is 5.92 Å². The van der Waals surface area contributed by atoms with E-state index in [-0.39, 0.29) is 41.7 Å². The van der Waals surface area contributed by atoms with Gasteiger partial charge in [-0.15, -0.1) is 0 Å². The van der Waals surface area contributed by atoms with Gasteiger partial charge in [-0.1, -0.05) is 48.5 Å². The summed E-state index contributed by atoms with van der Waals surface area (Å²) in [5.74, 6) is -0.143. The van der Waals surface area contributed by atoms with Gasteiger partial charge in [-0.3, -0.25) is 4.90 Å². The molecule has 35 heavy (non-hydrogen) atoms. The predicted octanol–water partition coefficient (Wildman–Crippen LogP) is 5.87. The quantitative estimate of drug-likeness (QED) is 0.432. The molecule has 0 spiro atoms. The zero-order chi connectivity index (χ0) is 24.5. The summed E-state index contributed by atoms with van der Waals surface area (Å²) in [6, 6.07) is 15.9. The number of hydrogen-bond donors (Lipinski definition) is 0. The molecule has 3 aromatic rings. The third-order valence-corrected chi connectivity index (χ3v) is 6.68. The number of carbonyl (C=O) groups is 1. The van der Waals surface area contributed by atoms with Gasteiger partial charge in [-0.2, -0.15) is 0 Å². The fraction of sp³-hybridized carbons (Fsp3) is 0.250. The van der Waals surface area contributed by atoms with Gasteiger partial charge in [0.25, 0.3) is 0 Å². The van der Waals surface area contributed by atoms with E-state index in [0.29, 0.717) is 12.0 Å². The van der Waals surface area contributed by atoms with Crippen molar-refractivity contribution in [1.29, 1.82) is 0 Å². The van der Waals surface area contributed by atoms with Crippen LogP contribution in [0.2, 0.25) is 0 Å². The summed E-state index contributed by atoms with van der Waals surface area (Å²) < 4.78 is 48.5. The number of likely N-dealkylation sites (tertiary alicyclic amines) is 1. The highest BCUT2D eigenvalue weighted by atomic mass is 19.1. The van der Waals surface area contributed by atoms with Crippen molar-refractivity contribution in [3.8, 4) is 11.1 Å². The first kappa shape index (κ1) is 22.9. The summed E-state index contributed by atoms with van der Waals surface area (Å²) >= 11 is 0. The summed E-state index contributed by atoms with van der Waals surface area (Å²) in [6.45, 7) is 0.0788. The Morgan fingerprint density at radius 3 is 2.46 bits per heavy atom. The number of ether oxygens (including phenoxy) is 1. The molecule has 4 nitrogen and oxygen atoms in total. The predicted molar refractivity (Wildman–Crippen MR) is 123 cm³/mol. The lowest BCUT2D eigenvalue weighted by Gasteiger charge is -2.35. The van der Waals surface area contributed by atoms with Crippen LogP contribution < -0.4 is 0 Å². The highest BCUT2D eigenvalue weighted by Gasteiger charge is 2.53. The van der Waals surface area contributed by atoms with Gasteiger partial charge in [0.2, 0.25) is 0 Å². The molecule has 3 aromatic carbocycles. The van der Waals surface area contributed by atoms with E-state index in [9.17, 15) is 18.4 Å². The molecule has 3 unspecified atom stereocenters. The zero-order valence-electron chi connectivity index (χ0n) is 18.7. The van der Waals surface area contributed by atoms with E-state index >= 15 is 4.39 Å². The number of fused-ring (bicyclic) bond motifs is 1. The topological polar surface area (TPSA) is 46.6 Å². The Bertz CT molecular complexity index is 1300. The third-order valence-electron chi connectivity index (χ3n) is 6.68. The number of rotatable bonds is 5. The average molecular weight is 477 g/mol. The van der Waals surface area contributed by atoms with Gasteiger partial charge >= 0.3 is 6.09 Å². The van der Waals surface area contributed by atoms with Crippen LogP contribution in [0.4, 0.5) is 18.0 Å². The first-order valence-electron chi connectivity index (χ1n) is 11.4. The van der Waals surface area contributed by atoms with Crippen molar-refractivity contribution in [2.45, 2.75) is 38.0 Å². The Kier molecular flexibility index (Phi) is 6.18. The minimum Gasteiger partial charge on any atom is -0.445 e. The van der Waals surface area contributed by atoms with Crippen LogP contribution >= 0.6 is 0 Å². The normalized spacial score (nSPS) is 20.7. The molecule has 1 saturated carbocycles.